The van der Waals surface area contributed by atoms with Crippen molar-refractivity contribution in [3.63, 3.8) is 0 Å². The minimum Gasteiger partial charge on any atom is -0.316 e. The van der Waals surface area contributed by atoms with Crippen LogP contribution in [-0.2, 0) is 0 Å². The van der Waals surface area contributed by atoms with Gasteiger partial charge in [0.25, 0.3) is 0 Å². The molecule has 17 heavy (non-hydrogen) atoms. The number of nitrogens with one attached hydrogen (secondary N) is 1. The Labute approximate surface area is 104 Å². The molecule has 1 nitrogen and oxygen atoms in total. The number of rotatable bonds is 7. The number of hydrogen-bond acceptors (Lipinski definition) is 1. The summed E-state index contributed by atoms with van der Waals surface area (Å²) in [7, 11) is 0. The van der Waals surface area contributed by atoms with Crippen LogP contribution in [0.2, 0.25) is 0 Å². The normalized spacial score (nSPS) is 14.6. The smallest absolute Gasteiger partial charge is 0.126 e. The maximum absolute atomic E-state index is 13.8. The predicted octanol–water partition coefficient (Wildman–Crippen LogP) is 3.96. The third-order valence-corrected chi connectivity index (χ3v) is 3.37. The molecule has 0 bridgehead atoms. The fraction of sp³-hybridized carbons (Fsp3) is 0.600. The molecule has 0 aliphatic rings. The number of hydrogen-bond donors (Lipinski definition) is 1. The first-order valence-corrected chi connectivity index (χ1v) is 6.64. The standard InChI is InChI=1S/C15H24FN/c1-4-12(3)10-13(11-17-5-2)14-8-6-7-9-15(14)16/h6-9,12-13,17H,4-5,10-11H2,1-3H3. The molecule has 0 aromatic heterocycles. The second-order valence-electron chi connectivity index (χ2n) is 4.78. The summed E-state index contributed by atoms with van der Waals surface area (Å²) in [5, 5.41) is 3.34. The van der Waals surface area contributed by atoms with Crippen molar-refractivity contribution < 1.29 is 4.39 Å². The summed E-state index contributed by atoms with van der Waals surface area (Å²) in [6.45, 7) is 8.31. The molecule has 0 radical (unpaired) electrons. The molecule has 2 heteroatoms. The molecule has 1 aromatic rings. The van der Waals surface area contributed by atoms with E-state index in [4.69, 9.17) is 0 Å². The maximum Gasteiger partial charge on any atom is 0.126 e. The van der Waals surface area contributed by atoms with Crippen LogP contribution < -0.4 is 5.32 Å². The fourth-order valence-electron chi connectivity index (χ4n) is 2.10. The SMILES string of the molecule is CCNCC(CC(C)CC)c1ccccc1F. The molecule has 0 spiro atoms. The van der Waals surface area contributed by atoms with Gasteiger partial charge in [-0.15, -0.1) is 0 Å². The zero-order valence-corrected chi connectivity index (χ0v) is 11.2. The second kappa shape index (κ2) is 7.44. The van der Waals surface area contributed by atoms with E-state index in [9.17, 15) is 4.39 Å². The van der Waals surface area contributed by atoms with E-state index in [2.05, 4.69) is 26.1 Å². The van der Waals surface area contributed by atoms with Gasteiger partial charge in [0, 0.05) is 6.54 Å². The molecule has 1 aromatic carbocycles. The summed E-state index contributed by atoms with van der Waals surface area (Å²) in [6.07, 6.45) is 2.20. The fourth-order valence-corrected chi connectivity index (χ4v) is 2.10. The molecule has 2 unspecified atom stereocenters. The second-order valence-corrected chi connectivity index (χ2v) is 4.78. The van der Waals surface area contributed by atoms with Crippen LogP contribution in [0.1, 0.15) is 45.1 Å². The molecule has 96 valence electrons. The van der Waals surface area contributed by atoms with Crippen LogP contribution >= 0.6 is 0 Å². The lowest BCUT2D eigenvalue weighted by molar-refractivity contribution is 0.428. The van der Waals surface area contributed by atoms with Crippen LogP contribution in [0.3, 0.4) is 0 Å². The Morgan fingerprint density at radius 2 is 1.94 bits per heavy atom. The lowest BCUT2D eigenvalue weighted by Crippen LogP contribution is -2.23. The molecule has 1 N–H and O–H groups in total. The summed E-state index contributed by atoms with van der Waals surface area (Å²) in [5.41, 5.74) is 0.855. The highest BCUT2D eigenvalue weighted by Crippen LogP contribution is 2.26. The van der Waals surface area contributed by atoms with Crippen molar-refractivity contribution in [1.82, 2.24) is 5.32 Å². The lowest BCUT2D eigenvalue weighted by atomic mass is 9.88. The van der Waals surface area contributed by atoms with Gasteiger partial charge < -0.3 is 5.32 Å². The van der Waals surface area contributed by atoms with Gasteiger partial charge in [0.1, 0.15) is 5.82 Å². The Bertz CT molecular complexity index is 324. The van der Waals surface area contributed by atoms with E-state index in [0.29, 0.717) is 5.92 Å². The highest BCUT2D eigenvalue weighted by molar-refractivity contribution is 5.22. The molecule has 0 saturated heterocycles. The lowest BCUT2D eigenvalue weighted by Gasteiger charge is -2.21. The van der Waals surface area contributed by atoms with Gasteiger partial charge in [-0.1, -0.05) is 45.4 Å². The highest BCUT2D eigenvalue weighted by atomic mass is 19.1. The van der Waals surface area contributed by atoms with Crippen molar-refractivity contribution in [3.05, 3.63) is 35.6 Å². The van der Waals surface area contributed by atoms with Gasteiger partial charge in [-0.05, 0) is 36.4 Å². The van der Waals surface area contributed by atoms with Gasteiger partial charge >= 0.3 is 0 Å². The van der Waals surface area contributed by atoms with Crippen LogP contribution in [0.15, 0.2) is 24.3 Å². The predicted molar refractivity (Wildman–Crippen MR) is 71.8 cm³/mol. The van der Waals surface area contributed by atoms with Crippen molar-refractivity contribution in [1.29, 1.82) is 0 Å². The van der Waals surface area contributed by atoms with Gasteiger partial charge in [-0.3, -0.25) is 0 Å². The van der Waals surface area contributed by atoms with Crippen molar-refractivity contribution >= 4 is 0 Å². The van der Waals surface area contributed by atoms with E-state index in [-0.39, 0.29) is 11.7 Å². The van der Waals surface area contributed by atoms with Gasteiger partial charge in [-0.2, -0.15) is 0 Å². The molecular weight excluding hydrogens is 213 g/mol. The third-order valence-electron chi connectivity index (χ3n) is 3.37. The molecule has 2 atom stereocenters. The van der Waals surface area contributed by atoms with Gasteiger partial charge in [0.15, 0.2) is 0 Å². The average Bonchev–Trinajstić information content (AvgIpc) is 2.35. The van der Waals surface area contributed by atoms with Crippen LogP contribution in [0.25, 0.3) is 0 Å². The minimum atomic E-state index is -0.0706. The monoisotopic (exact) mass is 237 g/mol. The van der Waals surface area contributed by atoms with E-state index in [1.165, 1.54) is 0 Å². The van der Waals surface area contributed by atoms with E-state index in [0.717, 1.165) is 31.5 Å². The largest absolute Gasteiger partial charge is 0.316 e. The van der Waals surface area contributed by atoms with Gasteiger partial charge in [0.2, 0.25) is 0 Å². The van der Waals surface area contributed by atoms with Crippen LogP contribution in [-0.4, -0.2) is 13.1 Å². The Hall–Kier alpha value is -0.890. The van der Waals surface area contributed by atoms with E-state index >= 15 is 0 Å². The quantitative estimate of drug-likeness (QED) is 0.757. The Balaban J connectivity index is 2.78. The molecule has 0 amide bonds. The first-order chi connectivity index (χ1) is 8.19. The first-order valence-electron chi connectivity index (χ1n) is 6.64. The molecule has 0 aliphatic heterocycles. The molecule has 0 fully saturated rings. The number of likely N-dealkylation sites (N-methyl/N-ethyl adjacent to an activating group) is 1. The highest BCUT2D eigenvalue weighted by Gasteiger charge is 2.17. The Kier molecular flexibility index (Phi) is 6.20. The topological polar surface area (TPSA) is 12.0 Å². The maximum atomic E-state index is 13.8. The third kappa shape index (κ3) is 4.47. The summed E-state index contributed by atoms with van der Waals surface area (Å²) >= 11 is 0. The zero-order valence-electron chi connectivity index (χ0n) is 11.2. The molecule has 0 saturated carbocycles. The van der Waals surface area contributed by atoms with Crippen molar-refractivity contribution in [2.75, 3.05) is 13.1 Å². The van der Waals surface area contributed by atoms with Gasteiger partial charge in [0.05, 0.1) is 0 Å². The Morgan fingerprint density at radius 3 is 2.53 bits per heavy atom. The van der Waals surface area contributed by atoms with E-state index < -0.39 is 0 Å². The summed E-state index contributed by atoms with van der Waals surface area (Å²) in [6, 6.07) is 7.16. The summed E-state index contributed by atoms with van der Waals surface area (Å²) in [5.74, 6) is 0.850. The van der Waals surface area contributed by atoms with Crippen LogP contribution in [0.4, 0.5) is 4.39 Å². The van der Waals surface area contributed by atoms with E-state index in [1.807, 2.05) is 12.1 Å². The first kappa shape index (κ1) is 14.2. The zero-order chi connectivity index (χ0) is 12.7. The molecular formula is C15H24FN. The summed E-state index contributed by atoms with van der Waals surface area (Å²) in [4.78, 5) is 0. The Morgan fingerprint density at radius 1 is 1.24 bits per heavy atom. The van der Waals surface area contributed by atoms with Crippen LogP contribution in [0, 0.1) is 11.7 Å². The van der Waals surface area contributed by atoms with Crippen molar-refractivity contribution in [3.8, 4) is 0 Å². The molecule has 1 rings (SSSR count). The van der Waals surface area contributed by atoms with Crippen molar-refractivity contribution in [2.45, 2.75) is 39.5 Å². The number of benzene rings is 1. The van der Waals surface area contributed by atoms with Crippen molar-refractivity contribution in [2.24, 2.45) is 5.92 Å². The van der Waals surface area contributed by atoms with E-state index in [1.54, 1.807) is 12.1 Å². The van der Waals surface area contributed by atoms with Gasteiger partial charge in [-0.25, -0.2) is 4.39 Å². The average molecular weight is 237 g/mol. The summed E-state index contributed by atoms with van der Waals surface area (Å²) < 4.78 is 13.8. The molecule has 0 heterocycles. The molecule has 0 aliphatic carbocycles. The number of halogens is 1. The minimum absolute atomic E-state index is 0.0706. The van der Waals surface area contributed by atoms with Crippen LogP contribution in [0.5, 0.6) is 0 Å².